The summed E-state index contributed by atoms with van der Waals surface area (Å²) in [6.45, 7) is 3.25. The van der Waals surface area contributed by atoms with Crippen molar-refractivity contribution in [2.45, 2.75) is 29.7 Å². The van der Waals surface area contributed by atoms with Crippen LogP contribution in [0.25, 0.3) is 5.65 Å². The number of imidazole rings is 1. The van der Waals surface area contributed by atoms with Crippen LogP contribution >= 0.6 is 11.8 Å². The van der Waals surface area contributed by atoms with Crippen molar-refractivity contribution in [2.24, 2.45) is 5.92 Å². The lowest BCUT2D eigenvalue weighted by molar-refractivity contribution is -0.122. The molecule has 4 aromatic rings. The summed E-state index contributed by atoms with van der Waals surface area (Å²) in [6, 6.07) is 11.6. The second kappa shape index (κ2) is 9.01. The van der Waals surface area contributed by atoms with Crippen LogP contribution in [0.4, 0.5) is 17.5 Å². The minimum atomic E-state index is 0.0208. The molecule has 0 unspecified atom stereocenters. The first kappa shape index (κ1) is 20.5. The maximum Gasteiger partial charge on any atom is 0.227 e. The van der Waals surface area contributed by atoms with Gasteiger partial charge >= 0.3 is 0 Å². The molecule has 0 aliphatic carbocycles. The van der Waals surface area contributed by atoms with Gasteiger partial charge in [0.05, 0.1) is 0 Å². The molecule has 0 bridgehead atoms. The van der Waals surface area contributed by atoms with Gasteiger partial charge in [-0.1, -0.05) is 11.8 Å². The number of aromatic amines is 1. The molecule has 9 nitrogen and oxygen atoms in total. The number of carbonyl (C=O) groups is 1. The molecule has 1 amide bonds. The Balaban J connectivity index is 1.30. The lowest BCUT2D eigenvalue weighted by Crippen LogP contribution is -2.28. The zero-order valence-electron chi connectivity index (χ0n) is 17.5. The maximum atomic E-state index is 12.4. The normalized spacial score (nSPS) is 14.5. The predicted octanol–water partition coefficient (Wildman–Crippen LogP) is 4.02. The number of nitrogens with one attached hydrogen (secondary N) is 3. The highest BCUT2D eigenvalue weighted by Gasteiger charge is 2.21. The second-order valence-electron chi connectivity index (χ2n) is 7.64. The zero-order chi connectivity index (χ0) is 21.9. The average molecular weight is 450 g/mol. The third-order valence-corrected chi connectivity index (χ3v) is 6.17. The van der Waals surface area contributed by atoms with Gasteiger partial charge < -0.3 is 15.4 Å². The van der Waals surface area contributed by atoms with Gasteiger partial charge in [-0.3, -0.25) is 14.3 Å². The minimum absolute atomic E-state index is 0.0208. The fourth-order valence-corrected chi connectivity index (χ4v) is 4.38. The van der Waals surface area contributed by atoms with Crippen LogP contribution in [0.15, 0.2) is 58.7 Å². The van der Waals surface area contributed by atoms with Crippen molar-refractivity contribution >= 4 is 40.8 Å². The van der Waals surface area contributed by atoms with E-state index in [0.29, 0.717) is 25.0 Å². The largest absolute Gasteiger partial charge is 0.381 e. The Labute approximate surface area is 189 Å². The van der Waals surface area contributed by atoms with Crippen LogP contribution in [0.5, 0.6) is 0 Å². The molecule has 1 fully saturated rings. The molecule has 32 heavy (non-hydrogen) atoms. The van der Waals surface area contributed by atoms with E-state index in [4.69, 9.17) is 9.72 Å². The number of fused-ring (bicyclic) bond motifs is 1. The first-order valence-electron chi connectivity index (χ1n) is 10.4. The second-order valence-corrected chi connectivity index (χ2v) is 8.73. The number of amides is 1. The highest BCUT2D eigenvalue weighted by Crippen LogP contribution is 2.30. The molecule has 4 heterocycles. The van der Waals surface area contributed by atoms with Crippen molar-refractivity contribution < 1.29 is 9.53 Å². The molecular formula is C22H23N7O2S. The van der Waals surface area contributed by atoms with E-state index in [2.05, 4.69) is 25.8 Å². The molecule has 1 aromatic carbocycles. The number of rotatable bonds is 6. The Hall–Kier alpha value is -3.37. The molecule has 0 spiro atoms. The van der Waals surface area contributed by atoms with E-state index in [1.54, 1.807) is 6.20 Å². The predicted molar refractivity (Wildman–Crippen MR) is 122 cm³/mol. The van der Waals surface area contributed by atoms with Crippen LogP contribution in [0.3, 0.4) is 0 Å². The van der Waals surface area contributed by atoms with Gasteiger partial charge in [-0.2, -0.15) is 5.10 Å². The van der Waals surface area contributed by atoms with Gasteiger partial charge in [-0.25, -0.2) is 9.97 Å². The van der Waals surface area contributed by atoms with E-state index in [1.165, 1.54) is 11.8 Å². The number of H-pyrrole nitrogens is 1. The number of hydrogen-bond acceptors (Lipinski definition) is 7. The Morgan fingerprint density at radius 1 is 1.22 bits per heavy atom. The Bertz CT molecular complexity index is 1230. The summed E-state index contributed by atoms with van der Waals surface area (Å²) in [5, 5.41) is 14.2. The van der Waals surface area contributed by atoms with Crippen LogP contribution in [-0.4, -0.2) is 43.7 Å². The summed E-state index contributed by atoms with van der Waals surface area (Å²) in [5.74, 6) is 1.41. The SMILES string of the molecule is Cc1cc(Nc2nc(Sc3ccc(NC(=O)C4CCOCC4)cc3)cc3nccn23)n[nH]1. The molecule has 0 radical (unpaired) electrons. The third kappa shape index (κ3) is 4.61. The number of aromatic nitrogens is 5. The average Bonchev–Trinajstić information content (AvgIpc) is 3.44. The molecule has 3 N–H and O–H groups in total. The van der Waals surface area contributed by atoms with Gasteiger partial charge in [-0.15, -0.1) is 0 Å². The van der Waals surface area contributed by atoms with Gasteiger partial charge in [-0.05, 0) is 44.0 Å². The number of anilines is 3. The van der Waals surface area contributed by atoms with Gasteiger partial charge in [0.1, 0.15) is 10.7 Å². The number of nitrogens with zero attached hydrogens (tertiary/aromatic N) is 4. The van der Waals surface area contributed by atoms with E-state index in [9.17, 15) is 4.79 Å². The number of carbonyl (C=O) groups excluding carboxylic acids is 1. The van der Waals surface area contributed by atoms with Gasteiger partial charge in [0, 0.05) is 59.9 Å². The van der Waals surface area contributed by atoms with E-state index in [1.807, 2.05) is 53.9 Å². The Morgan fingerprint density at radius 2 is 2.03 bits per heavy atom. The Morgan fingerprint density at radius 3 is 2.78 bits per heavy atom. The summed E-state index contributed by atoms with van der Waals surface area (Å²) in [4.78, 5) is 22.6. The lowest BCUT2D eigenvalue weighted by atomic mass is 9.99. The van der Waals surface area contributed by atoms with Crippen molar-refractivity contribution in [1.29, 1.82) is 0 Å². The molecule has 0 saturated carbocycles. The smallest absolute Gasteiger partial charge is 0.227 e. The van der Waals surface area contributed by atoms with Crippen LogP contribution in [0.1, 0.15) is 18.5 Å². The van der Waals surface area contributed by atoms with E-state index < -0.39 is 0 Å². The van der Waals surface area contributed by atoms with E-state index in [0.717, 1.165) is 39.8 Å². The standard InChI is InChI=1S/C22H23N7O2S/c1-14-12-18(28-27-14)25-22-26-20(13-19-23-8-9-29(19)22)32-17-4-2-16(3-5-17)24-21(30)15-6-10-31-11-7-15/h2-5,8-9,12-13,15H,6-7,10-11H2,1H3,(H,24,30)(H2,25,26,27,28). The molecule has 1 aliphatic rings. The highest BCUT2D eigenvalue weighted by molar-refractivity contribution is 7.99. The number of ether oxygens (including phenoxy) is 1. The van der Waals surface area contributed by atoms with Gasteiger partial charge in [0.25, 0.3) is 0 Å². The molecule has 1 saturated heterocycles. The summed E-state index contributed by atoms with van der Waals surface area (Å²) in [5.41, 5.74) is 2.54. The van der Waals surface area contributed by atoms with E-state index in [-0.39, 0.29) is 11.8 Å². The van der Waals surface area contributed by atoms with Crippen LogP contribution in [0.2, 0.25) is 0 Å². The van der Waals surface area contributed by atoms with Crippen LogP contribution in [-0.2, 0) is 9.53 Å². The Kier molecular flexibility index (Phi) is 5.78. The quantitative estimate of drug-likeness (QED) is 0.381. The van der Waals surface area contributed by atoms with Crippen LogP contribution < -0.4 is 10.6 Å². The number of aryl methyl sites for hydroxylation is 1. The lowest BCUT2D eigenvalue weighted by Gasteiger charge is -2.21. The minimum Gasteiger partial charge on any atom is -0.381 e. The summed E-state index contributed by atoms with van der Waals surface area (Å²) < 4.78 is 7.21. The van der Waals surface area contributed by atoms with E-state index >= 15 is 0 Å². The van der Waals surface area contributed by atoms with Crippen molar-refractivity contribution in [3.63, 3.8) is 0 Å². The van der Waals surface area contributed by atoms with Crippen molar-refractivity contribution in [3.8, 4) is 0 Å². The van der Waals surface area contributed by atoms with Gasteiger partial charge in [0.15, 0.2) is 5.82 Å². The summed E-state index contributed by atoms with van der Waals surface area (Å²) in [7, 11) is 0. The van der Waals surface area contributed by atoms with Gasteiger partial charge in [0.2, 0.25) is 11.9 Å². The fraction of sp³-hybridized carbons (Fsp3) is 0.273. The zero-order valence-corrected chi connectivity index (χ0v) is 18.4. The highest BCUT2D eigenvalue weighted by atomic mass is 32.2. The molecule has 164 valence electrons. The molecule has 10 heteroatoms. The summed E-state index contributed by atoms with van der Waals surface area (Å²) in [6.07, 6.45) is 5.14. The topological polar surface area (TPSA) is 109 Å². The molecular weight excluding hydrogens is 426 g/mol. The monoisotopic (exact) mass is 449 g/mol. The van der Waals surface area contributed by atoms with Crippen LogP contribution in [0, 0.1) is 12.8 Å². The molecule has 5 rings (SSSR count). The molecule has 0 atom stereocenters. The van der Waals surface area contributed by atoms with Crippen molar-refractivity contribution in [1.82, 2.24) is 24.6 Å². The molecule has 1 aliphatic heterocycles. The first-order valence-corrected chi connectivity index (χ1v) is 11.3. The third-order valence-electron chi connectivity index (χ3n) is 5.25. The fourth-order valence-electron chi connectivity index (χ4n) is 3.57. The number of hydrogen-bond donors (Lipinski definition) is 3. The number of benzene rings is 1. The van der Waals surface area contributed by atoms with Crippen molar-refractivity contribution in [3.05, 3.63) is 54.5 Å². The van der Waals surface area contributed by atoms with Crippen molar-refractivity contribution in [2.75, 3.05) is 23.8 Å². The first-order chi connectivity index (χ1) is 15.6. The molecule has 3 aromatic heterocycles. The maximum absolute atomic E-state index is 12.4. The summed E-state index contributed by atoms with van der Waals surface area (Å²) >= 11 is 1.53.